The molecule has 0 bridgehead atoms. The van der Waals surface area contributed by atoms with Gasteiger partial charge in [0.25, 0.3) is 11.8 Å². The van der Waals surface area contributed by atoms with Crippen molar-refractivity contribution in [2.45, 2.75) is 19.9 Å². The highest BCUT2D eigenvalue weighted by atomic mass is 79.9. The second kappa shape index (κ2) is 9.93. The molecule has 0 spiro atoms. The van der Waals surface area contributed by atoms with Gasteiger partial charge >= 0.3 is 0 Å². The summed E-state index contributed by atoms with van der Waals surface area (Å²) in [6, 6.07) is 15.6. The van der Waals surface area contributed by atoms with E-state index in [0.29, 0.717) is 34.9 Å². The quantitative estimate of drug-likeness (QED) is 0.498. The van der Waals surface area contributed by atoms with Crippen LogP contribution in [0.25, 0.3) is 0 Å². The number of para-hydroxylation sites is 1. The van der Waals surface area contributed by atoms with Crippen molar-refractivity contribution in [3.05, 3.63) is 82.2 Å². The predicted molar refractivity (Wildman–Crippen MR) is 114 cm³/mol. The number of halogens is 1. The second-order valence-electron chi connectivity index (χ2n) is 6.25. The number of hydrogen-bond acceptors (Lipinski definition) is 4. The molecule has 6 nitrogen and oxygen atoms in total. The average molecular weight is 457 g/mol. The van der Waals surface area contributed by atoms with Gasteiger partial charge in [-0.1, -0.05) is 35.0 Å². The number of anilines is 1. The van der Waals surface area contributed by atoms with Crippen LogP contribution in [0, 0.1) is 0 Å². The number of hydrogen-bond donors (Lipinski definition) is 2. The fraction of sp³-hybridized carbons (Fsp3) is 0.182. The van der Waals surface area contributed by atoms with Gasteiger partial charge in [-0.3, -0.25) is 9.59 Å². The lowest BCUT2D eigenvalue weighted by Gasteiger charge is -2.14. The molecular formula is C22H21BrN2O4. The summed E-state index contributed by atoms with van der Waals surface area (Å²) in [6.45, 7) is 2.76. The monoisotopic (exact) mass is 456 g/mol. The summed E-state index contributed by atoms with van der Waals surface area (Å²) >= 11 is 3.39. The minimum atomic E-state index is -0.358. The van der Waals surface area contributed by atoms with Gasteiger partial charge in [0.2, 0.25) is 0 Å². The van der Waals surface area contributed by atoms with E-state index >= 15 is 0 Å². The van der Waals surface area contributed by atoms with E-state index in [-0.39, 0.29) is 18.4 Å². The van der Waals surface area contributed by atoms with Crippen LogP contribution in [0.4, 0.5) is 5.69 Å². The third kappa shape index (κ3) is 5.48. The van der Waals surface area contributed by atoms with Crippen LogP contribution in [0.15, 0.2) is 69.8 Å². The summed E-state index contributed by atoms with van der Waals surface area (Å²) in [5.74, 6) is 0.469. The van der Waals surface area contributed by atoms with Crippen LogP contribution in [0.2, 0.25) is 0 Å². The van der Waals surface area contributed by atoms with Crippen LogP contribution < -0.4 is 15.4 Å². The fourth-order valence-corrected chi connectivity index (χ4v) is 3.03. The molecule has 0 fully saturated rings. The van der Waals surface area contributed by atoms with Crippen molar-refractivity contribution < 1.29 is 18.7 Å². The maximum atomic E-state index is 12.9. The molecule has 0 saturated carbocycles. The Kier molecular flexibility index (Phi) is 7.08. The Morgan fingerprint density at radius 1 is 1.03 bits per heavy atom. The van der Waals surface area contributed by atoms with E-state index in [9.17, 15) is 9.59 Å². The first kappa shape index (κ1) is 20.7. The molecule has 2 aromatic carbocycles. The summed E-state index contributed by atoms with van der Waals surface area (Å²) < 4.78 is 11.7. The smallest absolute Gasteiger partial charge is 0.259 e. The Bertz CT molecular complexity index is 986. The minimum absolute atomic E-state index is 0.259. The van der Waals surface area contributed by atoms with Gasteiger partial charge in [-0.25, -0.2) is 0 Å². The van der Waals surface area contributed by atoms with Gasteiger partial charge in [-0.2, -0.15) is 0 Å². The zero-order valence-electron chi connectivity index (χ0n) is 15.9. The van der Waals surface area contributed by atoms with Crippen LogP contribution in [-0.4, -0.2) is 18.4 Å². The van der Waals surface area contributed by atoms with E-state index < -0.39 is 0 Å². The number of carbonyl (C=O) groups is 2. The molecule has 0 atom stereocenters. The molecule has 1 heterocycles. The number of rotatable bonds is 8. The van der Waals surface area contributed by atoms with Gasteiger partial charge in [0, 0.05) is 4.47 Å². The SMILES string of the molecule is CCCOc1ccc(Br)cc1C(=O)Nc1ccccc1C(=O)NCc1ccco1. The normalized spacial score (nSPS) is 10.4. The van der Waals surface area contributed by atoms with Gasteiger partial charge in [0.05, 0.1) is 36.2 Å². The average Bonchev–Trinajstić information content (AvgIpc) is 3.25. The molecule has 0 saturated heterocycles. The van der Waals surface area contributed by atoms with E-state index in [1.165, 1.54) is 0 Å². The first-order chi connectivity index (χ1) is 14.1. The van der Waals surface area contributed by atoms with Crippen molar-refractivity contribution in [1.29, 1.82) is 0 Å². The van der Waals surface area contributed by atoms with E-state index in [4.69, 9.17) is 9.15 Å². The summed E-state index contributed by atoms with van der Waals surface area (Å²) in [7, 11) is 0. The van der Waals surface area contributed by atoms with Crippen LogP contribution in [0.5, 0.6) is 5.75 Å². The Labute approximate surface area is 177 Å². The first-order valence-corrected chi connectivity index (χ1v) is 10.0. The fourth-order valence-electron chi connectivity index (χ4n) is 2.67. The summed E-state index contributed by atoms with van der Waals surface area (Å²) in [6.07, 6.45) is 2.38. The highest BCUT2D eigenvalue weighted by molar-refractivity contribution is 9.10. The molecule has 0 aliphatic heterocycles. The maximum absolute atomic E-state index is 12.9. The number of carbonyl (C=O) groups excluding carboxylic acids is 2. The molecule has 1 aromatic heterocycles. The van der Waals surface area contributed by atoms with E-state index in [0.717, 1.165) is 10.9 Å². The molecule has 29 heavy (non-hydrogen) atoms. The van der Waals surface area contributed by atoms with Crippen LogP contribution in [0.1, 0.15) is 39.8 Å². The third-order valence-electron chi connectivity index (χ3n) is 4.07. The lowest BCUT2D eigenvalue weighted by molar-refractivity contribution is 0.0949. The van der Waals surface area contributed by atoms with Gasteiger partial charge in [-0.05, 0) is 48.9 Å². The topological polar surface area (TPSA) is 80.6 Å². The highest BCUT2D eigenvalue weighted by Crippen LogP contribution is 2.25. The lowest BCUT2D eigenvalue weighted by Crippen LogP contribution is -2.24. The molecule has 2 amide bonds. The van der Waals surface area contributed by atoms with Crippen molar-refractivity contribution in [2.75, 3.05) is 11.9 Å². The van der Waals surface area contributed by atoms with Crippen molar-refractivity contribution in [3.8, 4) is 5.75 Å². The zero-order valence-corrected chi connectivity index (χ0v) is 17.5. The van der Waals surface area contributed by atoms with Crippen molar-refractivity contribution in [2.24, 2.45) is 0 Å². The molecular weight excluding hydrogens is 436 g/mol. The summed E-state index contributed by atoms with van der Waals surface area (Å²) in [5.41, 5.74) is 1.16. The van der Waals surface area contributed by atoms with E-state index in [1.807, 2.05) is 13.0 Å². The molecule has 3 aromatic rings. The number of benzene rings is 2. The van der Waals surface area contributed by atoms with Crippen LogP contribution in [-0.2, 0) is 6.54 Å². The molecule has 7 heteroatoms. The van der Waals surface area contributed by atoms with Crippen molar-refractivity contribution in [3.63, 3.8) is 0 Å². The number of nitrogens with one attached hydrogen (secondary N) is 2. The van der Waals surface area contributed by atoms with Crippen molar-refractivity contribution in [1.82, 2.24) is 5.32 Å². The molecule has 2 N–H and O–H groups in total. The largest absolute Gasteiger partial charge is 0.493 e. The molecule has 0 radical (unpaired) electrons. The Balaban J connectivity index is 1.77. The Morgan fingerprint density at radius 2 is 1.86 bits per heavy atom. The highest BCUT2D eigenvalue weighted by Gasteiger charge is 2.17. The maximum Gasteiger partial charge on any atom is 0.259 e. The number of amides is 2. The minimum Gasteiger partial charge on any atom is -0.493 e. The predicted octanol–water partition coefficient (Wildman–Crippen LogP) is 5.01. The van der Waals surface area contributed by atoms with Crippen LogP contribution >= 0.6 is 15.9 Å². The van der Waals surface area contributed by atoms with Gasteiger partial charge in [0.1, 0.15) is 11.5 Å². The molecule has 3 rings (SSSR count). The summed E-state index contributed by atoms with van der Waals surface area (Å²) in [5, 5.41) is 5.61. The molecule has 0 unspecified atom stereocenters. The van der Waals surface area contributed by atoms with Gasteiger partial charge in [-0.15, -0.1) is 0 Å². The third-order valence-corrected chi connectivity index (χ3v) is 4.56. The number of furan rings is 1. The molecule has 0 aliphatic carbocycles. The van der Waals surface area contributed by atoms with Gasteiger partial charge < -0.3 is 19.8 Å². The van der Waals surface area contributed by atoms with E-state index in [1.54, 1.807) is 54.8 Å². The van der Waals surface area contributed by atoms with E-state index in [2.05, 4.69) is 26.6 Å². The molecule has 150 valence electrons. The standard InChI is InChI=1S/C22H21BrN2O4/c1-2-11-29-20-10-9-15(23)13-18(20)22(27)25-19-8-4-3-7-17(19)21(26)24-14-16-6-5-12-28-16/h3-10,12-13H,2,11,14H2,1H3,(H,24,26)(H,25,27). The van der Waals surface area contributed by atoms with Crippen molar-refractivity contribution >= 4 is 33.4 Å². The Morgan fingerprint density at radius 3 is 2.62 bits per heavy atom. The second-order valence-corrected chi connectivity index (χ2v) is 7.17. The first-order valence-electron chi connectivity index (χ1n) is 9.21. The lowest BCUT2D eigenvalue weighted by atomic mass is 10.1. The van der Waals surface area contributed by atoms with Crippen LogP contribution in [0.3, 0.4) is 0 Å². The zero-order chi connectivity index (χ0) is 20.6. The summed E-state index contributed by atoms with van der Waals surface area (Å²) in [4.78, 5) is 25.5. The molecule has 0 aliphatic rings. The Hall–Kier alpha value is -3.06. The van der Waals surface area contributed by atoms with Gasteiger partial charge in [0.15, 0.2) is 0 Å². The number of ether oxygens (including phenoxy) is 1.